The molecule has 0 N–H and O–H groups in total. The van der Waals surface area contributed by atoms with Crippen LogP contribution in [0.15, 0.2) is 11.8 Å². The van der Waals surface area contributed by atoms with E-state index in [4.69, 9.17) is 13.6 Å². The van der Waals surface area contributed by atoms with Gasteiger partial charge in [-0.2, -0.15) is 0 Å². The average molecular weight is 265 g/mol. The lowest BCUT2D eigenvalue weighted by molar-refractivity contribution is -0.123. The number of likely N-dealkylation sites (N-methyl/N-ethyl adjacent to an activating group) is 1. The molecule has 0 aliphatic heterocycles. The van der Waals surface area contributed by atoms with Gasteiger partial charge in [0.15, 0.2) is 0 Å². The van der Waals surface area contributed by atoms with Gasteiger partial charge in [0.1, 0.15) is 5.76 Å². The van der Waals surface area contributed by atoms with E-state index in [1.54, 1.807) is 27.9 Å². The predicted octanol–water partition coefficient (Wildman–Crippen LogP) is 2.18. The molecule has 6 nitrogen and oxygen atoms in total. The first-order chi connectivity index (χ1) is 7.84. The quantitative estimate of drug-likeness (QED) is 0.401. The second-order valence-electron chi connectivity index (χ2n) is 3.36. The SMILES string of the molecule is CCOP(=O)(OCC)O/C(C)=C/C(=O)N(C)C. The van der Waals surface area contributed by atoms with Crippen molar-refractivity contribution in [2.75, 3.05) is 27.3 Å². The molecule has 0 atom stereocenters. The summed E-state index contributed by atoms with van der Waals surface area (Å²) in [6.45, 7) is 5.28. The number of hydrogen-bond donors (Lipinski definition) is 0. The smallest absolute Gasteiger partial charge is 0.409 e. The molecular weight excluding hydrogens is 245 g/mol. The fraction of sp³-hybridized carbons (Fsp3) is 0.700. The van der Waals surface area contributed by atoms with Crippen molar-refractivity contribution in [2.45, 2.75) is 20.8 Å². The number of phosphoric ester groups is 1. The molecule has 0 rings (SSSR count). The van der Waals surface area contributed by atoms with Crippen molar-refractivity contribution in [3.63, 3.8) is 0 Å². The maximum Gasteiger partial charge on any atom is 0.529 e. The van der Waals surface area contributed by atoms with Crippen molar-refractivity contribution >= 4 is 13.7 Å². The number of amides is 1. The van der Waals surface area contributed by atoms with E-state index in [1.807, 2.05) is 0 Å². The van der Waals surface area contributed by atoms with Gasteiger partial charge in [0.05, 0.1) is 13.2 Å². The molecule has 0 radical (unpaired) electrons. The molecule has 0 aromatic rings. The van der Waals surface area contributed by atoms with Crippen LogP contribution in [0.4, 0.5) is 0 Å². The van der Waals surface area contributed by atoms with Crippen LogP contribution in [-0.2, 0) is 22.9 Å². The number of phosphoric acid groups is 1. The van der Waals surface area contributed by atoms with E-state index < -0.39 is 7.82 Å². The molecule has 0 unspecified atom stereocenters. The standard InChI is InChI=1S/C10H20NO5P/c1-6-14-17(13,15-7-2)16-9(3)8-10(12)11(4)5/h8H,6-7H2,1-5H3/b9-8+. The van der Waals surface area contributed by atoms with Crippen molar-refractivity contribution in [1.82, 2.24) is 4.90 Å². The molecule has 1 amide bonds. The molecule has 0 aliphatic rings. The second kappa shape index (κ2) is 7.48. The fourth-order valence-electron chi connectivity index (χ4n) is 0.912. The third-order valence-corrected chi connectivity index (χ3v) is 3.26. The summed E-state index contributed by atoms with van der Waals surface area (Å²) in [6.07, 6.45) is 1.23. The van der Waals surface area contributed by atoms with Gasteiger partial charge in [-0.25, -0.2) is 4.57 Å². The normalized spacial score (nSPS) is 12.4. The minimum atomic E-state index is -3.60. The highest BCUT2D eigenvalue weighted by Gasteiger charge is 2.27. The highest BCUT2D eigenvalue weighted by molar-refractivity contribution is 7.48. The van der Waals surface area contributed by atoms with Crippen molar-refractivity contribution in [3.8, 4) is 0 Å². The fourth-order valence-corrected chi connectivity index (χ4v) is 2.13. The maximum absolute atomic E-state index is 11.9. The number of nitrogens with zero attached hydrogens (tertiary/aromatic N) is 1. The molecule has 7 heteroatoms. The molecule has 100 valence electrons. The highest BCUT2D eigenvalue weighted by atomic mass is 31.2. The molecule has 0 saturated heterocycles. The largest absolute Gasteiger partial charge is 0.529 e. The zero-order valence-electron chi connectivity index (χ0n) is 10.9. The summed E-state index contributed by atoms with van der Waals surface area (Å²) in [5.41, 5.74) is 0. The third kappa shape index (κ3) is 6.46. The maximum atomic E-state index is 11.9. The Balaban J connectivity index is 4.66. The van der Waals surface area contributed by atoms with Crippen LogP contribution in [0.2, 0.25) is 0 Å². The Morgan fingerprint density at radius 1 is 1.24 bits per heavy atom. The Hall–Kier alpha value is -0.840. The first-order valence-corrected chi connectivity index (χ1v) is 6.79. The van der Waals surface area contributed by atoms with Crippen molar-refractivity contribution in [3.05, 3.63) is 11.8 Å². The van der Waals surface area contributed by atoms with Crippen LogP contribution >= 0.6 is 7.82 Å². The molecule has 0 aliphatic carbocycles. The van der Waals surface area contributed by atoms with Crippen molar-refractivity contribution < 1.29 is 22.9 Å². The number of carbonyl (C=O) groups is 1. The lowest BCUT2D eigenvalue weighted by atomic mass is 10.4. The molecule has 0 fully saturated rings. The van der Waals surface area contributed by atoms with Gasteiger partial charge in [0.25, 0.3) is 0 Å². The Morgan fingerprint density at radius 3 is 2.06 bits per heavy atom. The monoisotopic (exact) mass is 265 g/mol. The van der Waals surface area contributed by atoms with Crippen LogP contribution in [0.5, 0.6) is 0 Å². The summed E-state index contributed by atoms with van der Waals surface area (Å²) in [6, 6.07) is 0. The van der Waals surface area contributed by atoms with Crippen LogP contribution in [-0.4, -0.2) is 38.1 Å². The Kier molecular flexibility index (Phi) is 7.11. The van der Waals surface area contributed by atoms with E-state index in [2.05, 4.69) is 0 Å². The Labute approximate surface area is 102 Å². The number of carbonyl (C=O) groups excluding carboxylic acids is 1. The van der Waals surface area contributed by atoms with E-state index in [9.17, 15) is 9.36 Å². The number of allylic oxidation sites excluding steroid dienone is 1. The summed E-state index contributed by atoms with van der Waals surface area (Å²) in [7, 11) is -0.385. The van der Waals surface area contributed by atoms with E-state index in [0.29, 0.717) is 0 Å². The van der Waals surface area contributed by atoms with Gasteiger partial charge in [-0.15, -0.1) is 0 Å². The van der Waals surface area contributed by atoms with Crippen LogP contribution in [0.1, 0.15) is 20.8 Å². The number of hydrogen-bond acceptors (Lipinski definition) is 5. The van der Waals surface area contributed by atoms with Gasteiger partial charge < -0.3 is 9.42 Å². The summed E-state index contributed by atoms with van der Waals surface area (Å²) in [4.78, 5) is 12.7. The zero-order chi connectivity index (χ0) is 13.5. The summed E-state index contributed by atoms with van der Waals surface area (Å²) < 4.78 is 26.9. The van der Waals surface area contributed by atoms with E-state index in [0.717, 1.165) is 0 Å². The topological polar surface area (TPSA) is 65.1 Å². The molecule has 0 heterocycles. The second-order valence-corrected chi connectivity index (χ2v) is 4.96. The van der Waals surface area contributed by atoms with E-state index in [-0.39, 0.29) is 24.9 Å². The summed E-state index contributed by atoms with van der Waals surface area (Å²) >= 11 is 0. The van der Waals surface area contributed by atoms with Gasteiger partial charge in [0, 0.05) is 20.2 Å². The molecule has 17 heavy (non-hydrogen) atoms. The third-order valence-electron chi connectivity index (χ3n) is 1.60. The van der Waals surface area contributed by atoms with Crippen LogP contribution in [0.25, 0.3) is 0 Å². The molecule has 0 bridgehead atoms. The highest BCUT2D eigenvalue weighted by Crippen LogP contribution is 2.51. The van der Waals surface area contributed by atoms with Gasteiger partial charge in [0.2, 0.25) is 5.91 Å². The zero-order valence-corrected chi connectivity index (χ0v) is 11.8. The van der Waals surface area contributed by atoms with Crippen LogP contribution in [0.3, 0.4) is 0 Å². The van der Waals surface area contributed by atoms with Crippen LogP contribution < -0.4 is 0 Å². The first-order valence-electron chi connectivity index (χ1n) is 5.33. The van der Waals surface area contributed by atoms with Gasteiger partial charge in [-0.1, -0.05) is 0 Å². The van der Waals surface area contributed by atoms with Crippen molar-refractivity contribution in [1.29, 1.82) is 0 Å². The minimum absolute atomic E-state index is 0.189. The summed E-state index contributed by atoms with van der Waals surface area (Å²) in [5.74, 6) is -0.0732. The van der Waals surface area contributed by atoms with Gasteiger partial charge in [-0.3, -0.25) is 13.8 Å². The van der Waals surface area contributed by atoms with Crippen LogP contribution in [0, 0.1) is 0 Å². The molecular formula is C10H20NO5P. The number of rotatable bonds is 7. The first kappa shape index (κ1) is 16.2. The average Bonchev–Trinajstić information content (AvgIpc) is 2.16. The summed E-state index contributed by atoms with van der Waals surface area (Å²) in [5, 5.41) is 0. The van der Waals surface area contributed by atoms with Crippen molar-refractivity contribution in [2.24, 2.45) is 0 Å². The lowest BCUT2D eigenvalue weighted by Crippen LogP contribution is -2.19. The Morgan fingerprint density at radius 2 is 1.71 bits per heavy atom. The van der Waals surface area contributed by atoms with E-state index >= 15 is 0 Å². The molecule has 0 saturated carbocycles. The van der Waals surface area contributed by atoms with E-state index in [1.165, 1.54) is 17.9 Å². The van der Waals surface area contributed by atoms with Gasteiger partial charge >= 0.3 is 7.82 Å². The molecule has 0 aromatic carbocycles. The minimum Gasteiger partial charge on any atom is -0.409 e. The Bertz CT molecular complexity index is 317. The lowest BCUT2D eigenvalue weighted by Gasteiger charge is -2.17. The molecule has 0 aromatic heterocycles. The predicted molar refractivity (Wildman–Crippen MR) is 64.4 cm³/mol. The van der Waals surface area contributed by atoms with Gasteiger partial charge in [-0.05, 0) is 20.8 Å². The molecule has 0 spiro atoms.